The number of halogens is 4. The Balaban J connectivity index is 1.73. The molecule has 3 aromatic rings. The summed E-state index contributed by atoms with van der Waals surface area (Å²) in [5.74, 6) is 1.39. The lowest BCUT2D eigenvalue weighted by Gasteiger charge is -2.16. The van der Waals surface area contributed by atoms with Crippen LogP contribution in [-0.2, 0) is 13.2 Å². The molecule has 1 N–H and O–H groups in total. The van der Waals surface area contributed by atoms with E-state index in [9.17, 15) is 0 Å². The highest BCUT2D eigenvalue weighted by Gasteiger charge is 2.13. The van der Waals surface area contributed by atoms with E-state index in [0.29, 0.717) is 34.7 Å². The van der Waals surface area contributed by atoms with Gasteiger partial charge in [-0.05, 0) is 80.5 Å². The quantitative estimate of drug-likeness (QED) is 0.287. The molecule has 0 spiro atoms. The first-order valence-electron chi connectivity index (χ1n) is 8.39. The van der Waals surface area contributed by atoms with Crippen LogP contribution in [0.5, 0.6) is 11.5 Å². The van der Waals surface area contributed by atoms with E-state index in [0.717, 1.165) is 24.9 Å². The molecule has 28 heavy (non-hydrogen) atoms. The lowest BCUT2D eigenvalue weighted by molar-refractivity contribution is 0.282. The Hall–Kier alpha value is -1.15. The van der Waals surface area contributed by atoms with Gasteiger partial charge < -0.3 is 14.8 Å². The maximum Gasteiger partial charge on any atom is 0.174 e. The van der Waals surface area contributed by atoms with Crippen LogP contribution in [0.4, 0.5) is 5.69 Å². The van der Waals surface area contributed by atoms with Crippen molar-refractivity contribution in [2.45, 2.75) is 13.2 Å². The van der Waals surface area contributed by atoms with Crippen molar-refractivity contribution in [3.8, 4) is 11.5 Å². The van der Waals surface area contributed by atoms with Gasteiger partial charge in [-0.15, -0.1) is 0 Å². The van der Waals surface area contributed by atoms with Crippen LogP contribution in [0.3, 0.4) is 0 Å². The second kappa shape index (κ2) is 10.1. The molecule has 3 rings (SSSR count). The van der Waals surface area contributed by atoms with E-state index in [-0.39, 0.29) is 0 Å². The van der Waals surface area contributed by atoms with Crippen molar-refractivity contribution >= 4 is 67.4 Å². The number of ether oxygens (including phenoxy) is 2. The van der Waals surface area contributed by atoms with E-state index >= 15 is 0 Å². The van der Waals surface area contributed by atoms with E-state index in [1.54, 1.807) is 7.11 Å². The molecule has 7 heteroatoms. The predicted molar refractivity (Wildman–Crippen MR) is 128 cm³/mol. The molecule has 0 saturated heterocycles. The molecule has 0 unspecified atom stereocenters. The third kappa shape index (κ3) is 5.47. The van der Waals surface area contributed by atoms with Gasteiger partial charge in [-0.25, -0.2) is 0 Å². The van der Waals surface area contributed by atoms with Crippen LogP contribution in [0.25, 0.3) is 0 Å². The van der Waals surface area contributed by atoms with Crippen LogP contribution < -0.4 is 14.8 Å². The Labute approximate surface area is 196 Å². The second-order valence-corrected chi connectivity index (χ2v) is 8.80. The van der Waals surface area contributed by atoms with Crippen molar-refractivity contribution in [3.63, 3.8) is 0 Å². The minimum absolute atomic E-state index is 0.376. The van der Waals surface area contributed by atoms with Gasteiger partial charge in [0.05, 0.1) is 15.7 Å². The average molecular weight is 593 g/mol. The SMILES string of the molecule is COc1cc(CNc2ccc(Br)c(Cl)c2)cc(I)c1OCc1ccccc1Cl. The van der Waals surface area contributed by atoms with Crippen molar-refractivity contribution in [2.75, 3.05) is 12.4 Å². The largest absolute Gasteiger partial charge is 0.493 e. The van der Waals surface area contributed by atoms with Gasteiger partial charge in [-0.1, -0.05) is 41.4 Å². The molecule has 0 aliphatic rings. The molecule has 0 heterocycles. The molecule has 3 aromatic carbocycles. The molecule has 146 valence electrons. The summed E-state index contributed by atoms with van der Waals surface area (Å²) in [6, 6.07) is 17.5. The third-order valence-corrected chi connectivity index (χ3v) is 6.44. The van der Waals surface area contributed by atoms with E-state index in [4.69, 9.17) is 32.7 Å². The zero-order chi connectivity index (χ0) is 20.1. The summed E-state index contributed by atoms with van der Waals surface area (Å²) < 4.78 is 13.4. The minimum atomic E-state index is 0.376. The fourth-order valence-electron chi connectivity index (χ4n) is 2.59. The highest BCUT2D eigenvalue weighted by molar-refractivity contribution is 14.1. The lowest BCUT2D eigenvalue weighted by atomic mass is 10.2. The molecule has 0 saturated carbocycles. The summed E-state index contributed by atoms with van der Waals surface area (Å²) in [4.78, 5) is 0. The van der Waals surface area contributed by atoms with E-state index in [2.05, 4.69) is 49.9 Å². The average Bonchev–Trinajstić information content (AvgIpc) is 2.68. The van der Waals surface area contributed by atoms with Gasteiger partial charge >= 0.3 is 0 Å². The van der Waals surface area contributed by atoms with Gasteiger partial charge in [0.25, 0.3) is 0 Å². The summed E-state index contributed by atoms with van der Waals surface area (Å²) in [7, 11) is 1.64. The summed E-state index contributed by atoms with van der Waals surface area (Å²) >= 11 is 18.0. The van der Waals surface area contributed by atoms with Crippen LogP contribution in [0.2, 0.25) is 10.0 Å². The molecular formula is C21H17BrCl2INO2. The first kappa shape index (κ1) is 21.6. The summed E-state index contributed by atoms with van der Waals surface area (Å²) in [5.41, 5.74) is 2.95. The molecule has 0 bridgehead atoms. The van der Waals surface area contributed by atoms with Crippen molar-refractivity contribution in [3.05, 3.63) is 83.8 Å². The Bertz CT molecular complexity index is 985. The van der Waals surface area contributed by atoms with Crippen molar-refractivity contribution in [1.82, 2.24) is 0 Å². The highest BCUT2D eigenvalue weighted by Crippen LogP contribution is 2.35. The van der Waals surface area contributed by atoms with E-state index in [1.165, 1.54) is 0 Å². The molecule has 0 aromatic heterocycles. The zero-order valence-electron chi connectivity index (χ0n) is 14.9. The molecule has 0 amide bonds. The maximum absolute atomic E-state index is 6.22. The second-order valence-electron chi connectivity index (χ2n) is 5.97. The number of benzene rings is 3. The smallest absolute Gasteiger partial charge is 0.174 e. The van der Waals surface area contributed by atoms with Gasteiger partial charge in [0.1, 0.15) is 6.61 Å². The number of rotatable bonds is 7. The predicted octanol–water partition coefficient (Wildman–Crippen LogP) is 7.56. The number of anilines is 1. The number of nitrogens with one attached hydrogen (secondary N) is 1. The molecule has 3 nitrogen and oxygen atoms in total. The van der Waals surface area contributed by atoms with E-state index < -0.39 is 0 Å². The summed E-state index contributed by atoms with van der Waals surface area (Å²) in [6.07, 6.45) is 0. The minimum Gasteiger partial charge on any atom is -0.493 e. The number of hydrogen-bond acceptors (Lipinski definition) is 3. The van der Waals surface area contributed by atoms with Crippen LogP contribution in [0.1, 0.15) is 11.1 Å². The molecule has 0 radical (unpaired) electrons. The molecule has 0 aliphatic heterocycles. The lowest BCUT2D eigenvalue weighted by Crippen LogP contribution is -2.04. The molecule has 0 atom stereocenters. The summed E-state index contributed by atoms with van der Waals surface area (Å²) in [5, 5.41) is 4.72. The Morgan fingerprint density at radius 1 is 1.04 bits per heavy atom. The van der Waals surface area contributed by atoms with Crippen LogP contribution >= 0.6 is 61.7 Å². The van der Waals surface area contributed by atoms with Crippen LogP contribution in [0, 0.1) is 3.57 Å². The van der Waals surface area contributed by atoms with Crippen molar-refractivity contribution in [2.24, 2.45) is 0 Å². The first-order valence-corrected chi connectivity index (χ1v) is 11.0. The topological polar surface area (TPSA) is 30.5 Å². The first-order chi connectivity index (χ1) is 13.5. The van der Waals surface area contributed by atoms with Crippen LogP contribution in [-0.4, -0.2) is 7.11 Å². The maximum atomic E-state index is 6.22. The number of methoxy groups -OCH3 is 1. The van der Waals surface area contributed by atoms with E-state index in [1.807, 2.05) is 48.5 Å². The number of hydrogen-bond donors (Lipinski definition) is 1. The third-order valence-electron chi connectivity index (χ3n) is 4.04. The van der Waals surface area contributed by atoms with Gasteiger partial charge in [0.2, 0.25) is 0 Å². The monoisotopic (exact) mass is 591 g/mol. The van der Waals surface area contributed by atoms with Crippen molar-refractivity contribution in [1.29, 1.82) is 0 Å². The highest BCUT2D eigenvalue weighted by atomic mass is 127. The molecule has 0 aliphatic carbocycles. The molecule has 0 fully saturated rings. The normalized spacial score (nSPS) is 10.6. The Morgan fingerprint density at radius 3 is 2.54 bits per heavy atom. The Kier molecular flexibility index (Phi) is 7.74. The van der Waals surface area contributed by atoms with Crippen LogP contribution in [0.15, 0.2) is 59.1 Å². The zero-order valence-corrected chi connectivity index (χ0v) is 20.2. The van der Waals surface area contributed by atoms with Crippen molar-refractivity contribution < 1.29 is 9.47 Å². The summed E-state index contributed by atoms with van der Waals surface area (Å²) in [6.45, 7) is 1.01. The standard InChI is InChI=1S/C21H17BrCl2INO2/c1-27-20-9-13(11-26-15-6-7-16(22)18(24)10-15)8-19(25)21(20)28-12-14-4-2-3-5-17(14)23/h2-10,26H,11-12H2,1H3. The van der Waals surface area contributed by atoms with Gasteiger partial charge in [0, 0.05) is 27.3 Å². The molecular weight excluding hydrogens is 576 g/mol. The fraction of sp³-hybridized carbons (Fsp3) is 0.143. The fourth-order valence-corrected chi connectivity index (χ4v) is 4.03. The van der Waals surface area contributed by atoms with Gasteiger partial charge in [0.15, 0.2) is 11.5 Å². The van der Waals surface area contributed by atoms with Gasteiger partial charge in [-0.2, -0.15) is 0 Å². The Morgan fingerprint density at radius 2 is 1.82 bits per heavy atom. The van der Waals surface area contributed by atoms with Gasteiger partial charge in [-0.3, -0.25) is 0 Å².